The fourth-order valence-corrected chi connectivity index (χ4v) is 3.21. The number of hydrogen-bond donors (Lipinski definition) is 2. The first-order valence-corrected chi connectivity index (χ1v) is 10.3. The number of anilines is 2. The molecule has 0 saturated carbocycles. The molecule has 0 bridgehead atoms. The van der Waals surface area contributed by atoms with Crippen LogP contribution in [0.3, 0.4) is 0 Å². The summed E-state index contributed by atoms with van der Waals surface area (Å²) in [6.07, 6.45) is 0. The van der Waals surface area contributed by atoms with E-state index in [4.69, 9.17) is 0 Å². The lowest BCUT2D eigenvalue weighted by molar-refractivity contribution is -0.113. The molecule has 0 atom stereocenters. The number of nitrogens with one attached hydrogen (secondary N) is 2. The molecule has 3 aromatic rings. The van der Waals surface area contributed by atoms with Crippen molar-refractivity contribution in [3.8, 4) is 0 Å². The van der Waals surface area contributed by atoms with Gasteiger partial charge in [0.1, 0.15) is 16.7 Å². The number of carbonyl (C=O) groups excluding carboxylic acids is 1. The molecule has 5 nitrogen and oxygen atoms in total. The van der Waals surface area contributed by atoms with Gasteiger partial charge in [-0.3, -0.25) is 4.79 Å². The molecule has 1 amide bonds. The highest BCUT2D eigenvalue weighted by molar-refractivity contribution is 9.10. The molecule has 1 heterocycles. The zero-order valence-corrected chi connectivity index (χ0v) is 17.5. The monoisotopic (exact) mass is 460 g/mol. The Morgan fingerprint density at radius 1 is 1.11 bits per heavy atom. The van der Waals surface area contributed by atoms with E-state index < -0.39 is 0 Å². The number of aromatic nitrogens is 2. The molecule has 0 aliphatic carbocycles. The summed E-state index contributed by atoms with van der Waals surface area (Å²) in [6, 6.07) is 15.5. The Morgan fingerprint density at radius 2 is 1.89 bits per heavy atom. The number of aryl methyl sites for hydroxylation is 1. The van der Waals surface area contributed by atoms with Gasteiger partial charge >= 0.3 is 0 Å². The summed E-state index contributed by atoms with van der Waals surface area (Å²) in [5, 5.41) is 14.9. The van der Waals surface area contributed by atoms with Crippen LogP contribution in [0.4, 0.5) is 15.9 Å². The first kappa shape index (κ1) is 20.3. The minimum Gasteiger partial charge on any atom is -0.365 e. The van der Waals surface area contributed by atoms with Crippen molar-refractivity contribution in [3.63, 3.8) is 0 Å². The number of amides is 1. The number of carbonyl (C=O) groups is 1. The largest absolute Gasteiger partial charge is 0.365 e. The van der Waals surface area contributed by atoms with Gasteiger partial charge in [-0.2, -0.15) is 0 Å². The van der Waals surface area contributed by atoms with E-state index in [1.54, 1.807) is 18.2 Å². The topological polar surface area (TPSA) is 66.9 Å². The average molecular weight is 461 g/mol. The summed E-state index contributed by atoms with van der Waals surface area (Å²) in [7, 11) is 0. The van der Waals surface area contributed by atoms with E-state index in [1.165, 1.54) is 23.9 Å². The molecule has 0 unspecified atom stereocenters. The lowest BCUT2D eigenvalue weighted by Crippen LogP contribution is -2.14. The van der Waals surface area contributed by atoms with Gasteiger partial charge in [0.25, 0.3) is 0 Å². The van der Waals surface area contributed by atoms with Gasteiger partial charge in [-0.1, -0.05) is 39.8 Å². The summed E-state index contributed by atoms with van der Waals surface area (Å²) in [6.45, 7) is 2.49. The van der Waals surface area contributed by atoms with Gasteiger partial charge in [0.05, 0.1) is 5.75 Å². The summed E-state index contributed by atoms with van der Waals surface area (Å²) in [4.78, 5) is 12.1. The van der Waals surface area contributed by atoms with Crippen LogP contribution in [0.5, 0.6) is 0 Å². The summed E-state index contributed by atoms with van der Waals surface area (Å²) in [5.41, 5.74) is 2.76. The molecule has 0 aliphatic rings. The minimum atomic E-state index is -0.260. The van der Waals surface area contributed by atoms with E-state index in [0.29, 0.717) is 17.4 Å². The minimum absolute atomic E-state index is 0.105. The van der Waals surface area contributed by atoms with Crippen LogP contribution < -0.4 is 10.6 Å². The van der Waals surface area contributed by atoms with E-state index in [1.807, 2.05) is 31.2 Å². The molecular formula is C20H18BrFN4OS. The number of halogens is 2. The lowest BCUT2D eigenvalue weighted by Gasteiger charge is -2.07. The van der Waals surface area contributed by atoms with Crippen LogP contribution in [-0.4, -0.2) is 21.9 Å². The second-order valence-electron chi connectivity index (χ2n) is 6.04. The van der Waals surface area contributed by atoms with Crippen molar-refractivity contribution < 1.29 is 9.18 Å². The molecule has 2 aromatic carbocycles. The third-order valence-electron chi connectivity index (χ3n) is 3.82. The number of thioether (sulfide) groups is 1. The quantitative estimate of drug-likeness (QED) is 0.484. The smallest absolute Gasteiger partial charge is 0.234 e. The molecule has 0 aliphatic heterocycles. The fraction of sp³-hybridized carbons (Fsp3) is 0.150. The van der Waals surface area contributed by atoms with Crippen molar-refractivity contribution >= 4 is 45.1 Å². The van der Waals surface area contributed by atoms with Crippen molar-refractivity contribution in [2.24, 2.45) is 0 Å². The fourth-order valence-electron chi connectivity index (χ4n) is 2.35. The Morgan fingerprint density at radius 3 is 2.57 bits per heavy atom. The maximum Gasteiger partial charge on any atom is 0.234 e. The van der Waals surface area contributed by atoms with Crippen LogP contribution in [0.2, 0.25) is 0 Å². The highest BCUT2D eigenvalue weighted by Gasteiger charge is 2.06. The zero-order chi connectivity index (χ0) is 19.9. The number of hydrogen-bond acceptors (Lipinski definition) is 5. The summed E-state index contributed by atoms with van der Waals surface area (Å²) in [5.74, 6) is 0.492. The number of nitrogens with zero attached hydrogens (tertiary/aromatic N) is 2. The van der Waals surface area contributed by atoms with Crippen molar-refractivity contribution in [1.82, 2.24) is 10.2 Å². The first-order chi connectivity index (χ1) is 13.5. The van der Waals surface area contributed by atoms with Gasteiger partial charge in [0, 0.05) is 16.7 Å². The highest BCUT2D eigenvalue weighted by Crippen LogP contribution is 2.21. The van der Waals surface area contributed by atoms with Gasteiger partial charge in [-0.15, -0.1) is 10.2 Å². The van der Waals surface area contributed by atoms with Crippen LogP contribution in [0, 0.1) is 12.7 Å². The molecule has 3 rings (SSSR count). The molecule has 28 heavy (non-hydrogen) atoms. The van der Waals surface area contributed by atoms with E-state index in [-0.39, 0.29) is 17.5 Å². The Balaban J connectivity index is 1.46. The maximum atomic E-state index is 12.9. The Hall–Kier alpha value is -2.45. The van der Waals surface area contributed by atoms with Crippen LogP contribution in [-0.2, 0) is 11.3 Å². The normalized spacial score (nSPS) is 10.5. The molecule has 1 aromatic heterocycles. The van der Waals surface area contributed by atoms with Crippen LogP contribution in [0.15, 0.2) is 64.1 Å². The molecule has 0 spiro atoms. The van der Waals surface area contributed by atoms with E-state index in [0.717, 1.165) is 21.3 Å². The lowest BCUT2D eigenvalue weighted by atomic mass is 10.2. The number of benzene rings is 2. The van der Waals surface area contributed by atoms with Crippen molar-refractivity contribution in [2.45, 2.75) is 18.5 Å². The third kappa shape index (κ3) is 6.03. The second kappa shape index (κ2) is 9.66. The van der Waals surface area contributed by atoms with E-state index in [9.17, 15) is 9.18 Å². The van der Waals surface area contributed by atoms with E-state index in [2.05, 4.69) is 36.8 Å². The molecule has 0 radical (unpaired) electrons. The van der Waals surface area contributed by atoms with Crippen molar-refractivity contribution in [2.75, 3.05) is 16.4 Å². The SMILES string of the molecule is Cc1cc(NC(=O)CSc2ccc(NCc3ccc(F)cc3)nn2)ccc1Br. The van der Waals surface area contributed by atoms with Crippen LogP contribution in [0.25, 0.3) is 0 Å². The molecular weight excluding hydrogens is 443 g/mol. The van der Waals surface area contributed by atoms with E-state index >= 15 is 0 Å². The first-order valence-electron chi connectivity index (χ1n) is 8.50. The molecule has 144 valence electrons. The highest BCUT2D eigenvalue weighted by atomic mass is 79.9. The standard InChI is InChI=1S/C20H18BrFN4OS/c1-13-10-16(6-7-17(13)21)24-19(27)12-28-20-9-8-18(25-26-20)23-11-14-2-4-15(22)5-3-14/h2-10H,11-12H2,1H3,(H,23,25)(H,24,27). The third-order valence-corrected chi connectivity index (χ3v) is 5.63. The molecule has 0 saturated heterocycles. The Kier molecular flexibility index (Phi) is 7.00. The van der Waals surface area contributed by atoms with Crippen molar-refractivity contribution in [3.05, 3.63) is 76.0 Å². The number of rotatable bonds is 7. The van der Waals surface area contributed by atoms with Crippen molar-refractivity contribution in [1.29, 1.82) is 0 Å². The molecule has 0 fully saturated rings. The zero-order valence-electron chi connectivity index (χ0n) is 15.1. The van der Waals surface area contributed by atoms with Gasteiger partial charge in [-0.05, 0) is 60.5 Å². The van der Waals surface area contributed by atoms with Crippen LogP contribution >= 0.6 is 27.7 Å². The molecule has 2 N–H and O–H groups in total. The predicted octanol–water partition coefficient (Wildman–Crippen LogP) is 5.03. The van der Waals surface area contributed by atoms with Crippen LogP contribution in [0.1, 0.15) is 11.1 Å². The predicted molar refractivity (Wildman–Crippen MR) is 114 cm³/mol. The summed E-state index contributed by atoms with van der Waals surface area (Å²) >= 11 is 4.75. The van der Waals surface area contributed by atoms with Gasteiger partial charge < -0.3 is 10.6 Å². The average Bonchev–Trinajstić information content (AvgIpc) is 2.69. The Bertz CT molecular complexity index is 951. The van der Waals surface area contributed by atoms with Gasteiger partial charge in [-0.25, -0.2) is 4.39 Å². The summed E-state index contributed by atoms with van der Waals surface area (Å²) < 4.78 is 13.9. The maximum absolute atomic E-state index is 12.9. The Labute approximate surface area is 175 Å². The molecule has 8 heteroatoms. The van der Waals surface area contributed by atoms with Gasteiger partial charge in [0.2, 0.25) is 5.91 Å². The van der Waals surface area contributed by atoms with Gasteiger partial charge in [0.15, 0.2) is 0 Å². The second-order valence-corrected chi connectivity index (χ2v) is 7.89.